The van der Waals surface area contributed by atoms with Crippen LogP contribution in [0.1, 0.15) is 27.7 Å². The lowest BCUT2D eigenvalue weighted by Gasteiger charge is -2.38. The summed E-state index contributed by atoms with van der Waals surface area (Å²) in [4.78, 5) is 25.7. The van der Waals surface area contributed by atoms with Crippen LogP contribution in [0.15, 0.2) is 0 Å². The molecule has 6 heteroatoms. The molecule has 0 bridgehead atoms. The number of amides is 2. The van der Waals surface area contributed by atoms with Gasteiger partial charge in [0.1, 0.15) is 6.04 Å². The first-order chi connectivity index (χ1) is 8.23. The van der Waals surface area contributed by atoms with Crippen molar-refractivity contribution in [1.29, 1.82) is 0 Å². The molecule has 1 atom stereocenters. The Morgan fingerprint density at radius 2 is 2.06 bits per heavy atom. The van der Waals surface area contributed by atoms with E-state index in [0.717, 1.165) is 0 Å². The second-order valence-electron chi connectivity index (χ2n) is 5.47. The predicted octanol–water partition coefficient (Wildman–Crippen LogP) is -0.524. The summed E-state index contributed by atoms with van der Waals surface area (Å²) >= 11 is 0. The third kappa shape index (κ3) is 3.68. The molecule has 1 rings (SSSR count). The van der Waals surface area contributed by atoms with Crippen molar-refractivity contribution >= 4 is 11.8 Å². The van der Waals surface area contributed by atoms with Crippen LogP contribution in [0.2, 0.25) is 0 Å². The van der Waals surface area contributed by atoms with Crippen molar-refractivity contribution in [3.05, 3.63) is 0 Å². The molecule has 2 amide bonds. The molecule has 3 N–H and O–H groups in total. The van der Waals surface area contributed by atoms with E-state index in [4.69, 9.17) is 10.5 Å². The number of ether oxygens (including phenoxy) is 1. The molecule has 0 aliphatic carbocycles. The minimum Gasteiger partial charge on any atom is -0.377 e. The molecule has 18 heavy (non-hydrogen) atoms. The van der Waals surface area contributed by atoms with Crippen molar-refractivity contribution in [3.63, 3.8) is 0 Å². The molecule has 1 aliphatic heterocycles. The summed E-state index contributed by atoms with van der Waals surface area (Å²) in [5, 5.41) is 2.80. The van der Waals surface area contributed by atoms with Gasteiger partial charge >= 0.3 is 0 Å². The van der Waals surface area contributed by atoms with Gasteiger partial charge in [0.25, 0.3) is 0 Å². The molecule has 1 heterocycles. The maximum Gasteiger partial charge on any atom is 0.245 e. The number of hydrogen-bond acceptors (Lipinski definition) is 4. The second-order valence-corrected chi connectivity index (χ2v) is 5.47. The van der Waals surface area contributed by atoms with Gasteiger partial charge in [-0.15, -0.1) is 0 Å². The van der Waals surface area contributed by atoms with Crippen LogP contribution >= 0.6 is 0 Å². The number of morpholine rings is 1. The van der Waals surface area contributed by atoms with E-state index in [1.165, 1.54) is 4.90 Å². The Bertz CT molecular complexity index is 323. The summed E-state index contributed by atoms with van der Waals surface area (Å²) in [5.41, 5.74) is 4.83. The van der Waals surface area contributed by atoms with Gasteiger partial charge in [-0.3, -0.25) is 9.59 Å². The topological polar surface area (TPSA) is 84.7 Å². The molecule has 0 spiro atoms. The number of carbonyl (C=O) groups is 2. The van der Waals surface area contributed by atoms with Crippen LogP contribution in [0.4, 0.5) is 0 Å². The van der Waals surface area contributed by atoms with Gasteiger partial charge in [0.2, 0.25) is 11.8 Å². The van der Waals surface area contributed by atoms with E-state index in [1.807, 2.05) is 13.8 Å². The van der Waals surface area contributed by atoms with E-state index in [2.05, 4.69) is 5.32 Å². The first kappa shape index (κ1) is 14.9. The van der Waals surface area contributed by atoms with E-state index in [0.29, 0.717) is 13.2 Å². The summed E-state index contributed by atoms with van der Waals surface area (Å²) in [6.45, 7) is 8.09. The van der Waals surface area contributed by atoms with E-state index >= 15 is 0 Å². The minimum atomic E-state index is -0.978. The highest BCUT2D eigenvalue weighted by molar-refractivity contribution is 5.91. The average Bonchev–Trinajstić information content (AvgIpc) is 2.26. The van der Waals surface area contributed by atoms with Gasteiger partial charge in [0.05, 0.1) is 18.8 Å². The van der Waals surface area contributed by atoms with Crippen LogP contribution in [0.5, 0.6) is 0 Å². The Hall–Kier alpha value is -1.14. The Morgan fingerprint density at radius 1 is 1.44 bits per heavy atom. The van der Waals surface area contributed by atoms with Crippen molar-refractivity contribution in [2.24, 2.45) is 5.73 Å². The molecule has 0 aromatic carbocycles. The lowest BCUT2D eigenvalue weighted by atomic mass is 10.0. The molecule has 6 nitrogen and oxygen atoms in total. The van der Waals surface area contributed by atoms with Crippen molar-refractivity contribution in [2.75, 3.05) is 19.8 Å². The first-order valence-electron chi connectivity index (χ1n) is 6.21. The quantitative estimate of drug-likeness (QED) is 0.712. The van der Waals surface area contributed by atoms with E-state index < -0.39 is 11.6 Å². The molecule has 1 saturated heterocycles. The standard InChI is InChI=1S/C12H23N3O3/c1-8(2)14-10(16)9-7-18-6-5-15(9)11(17)12(3,4)13/h8-9H,5-7,13H2,1-4H3,(H,14,16). The third-order valence-electron chi connectivity index (χ3n) is 2.67. The average molecular weight is 257 g/mol. The zero-order valence-electron chi connectivity index (χ0n) is 11.5. The van der Waals surface area contributed by atoms with Gasteiger partial charge in [-0.2, -0.15) is 0 Å². The fraction of sp³-hybridized carbons (Fsp3) is 0.833. The molecule has 0 radical (unpaired) electrons. The van der Waals surface area contributed by atoms with Crippen LogP contribution in [0, 0.1) is 0 Å². The molecule has 1 aliphatic rings. The molecule has 0 aromatic rings. The number of rotatable bonds is 3. The maximum absolute atomic E-state index is 12.2. The number of carbonyl (C=O) groups excluding carboxylic acids is 2. The van der Waals surface area contributed by atoms with Gasteiger partial charge in [0.15, 0.2) is 0 Å². The molecule has 1 fully saturated rings. The normalized spacial score (nSPS) is 21.0. The first-order valence-corrected chi connectivity index (χ1v) is 6.21. The van der Waals surface area contributed by atoms with Gasteiger partial charge < -0.3 is 20.7 Å². The highest BCUT2D eigenvalue weighted by Gasteiger charge is 2.37. The summed E-state index contributed by atoms with van der Waals surface area (Å²) in [7, 11) is 0. The van der Waals surface area contributed by atoms with Crippen molar-refractivity contribution < 1.29 is 14.3 Å². The van der Waals surface area contributed by atoms with E-state index in [1.54, 1.807) is 13.8 Å². The minimum absolute atomic E-state index is 0.0299. The van der Waals surface area contributed by atoms with Gasteiger partial charge in [0, 0.05) is 12.6 Å². The highest BCUT2D eigenvalue weighted by atomic mass is 16.5. The van der Waals surface area contributed by atoms with Gasteiger partial charge in [-0.05, 0) is 27.7 Å². The lowest BCUT2D eigenvalue weighted by Crippen LogP contribution is -2.62. The molecular weight excluding hydrogens is 234 g/mol. The smallest absolute Gasteiger partial charge is 0.245 e. The number of hydrogen-bond donors (Lipinski definition) is 2. The Labute approximate surface area is 108 Å². The van der Waals surface area contributed by atoms with Crippen LogP contribution in [-0.2, 0) is 14.3 Å². The van der Waals surface area contributed by atoms with Crippen LogP contribution in [-0.4, -0.2) is 54.1 Å². The van der Waals surface area contributed by atoms with Crippen LogP contribution in [0.25, 0.3) is 0 Å². The fourth-order valence-electron chi connectivity index (χ4n) is 1.81. The predicted molar refractivity (Wildman–Crippen MR) is 67.9 cm³/mol. The van der Waals surface area contributed by atoms with E-state index in [-0.39, 0.29) is 24.5 Å². The summed E-state index contributed by atoms with van der Waals surface area (Å²) in [6.07, 6.45) is 0. The van der Waals surface area contributed by atoms with Crippen molar-refractivity contribution in [1.82, 2.24) is 10.2 Å². The number of nitrogens with zero attached hydrogens (tertiary/aromatic N) is 1. The zero-order valence-corrected chi connectivity index (χ0v) is 11.5. The number of nitrogens with two attached hydrogens (primary N) is 1. The molecular formula is C12H23N3O3. The van der Waals surface area contributed by atoms with E-state index in [9.17, 15) is 9.59 Å². The van der Waals surface area contributed by atoms with Crippen molar-refractivity contribution in [3.8, 4) is 0 Å². The third-order valence-corrected chi connectivity index (χ3v) is 2.67. The Kier molecular flexibility index (Phi) is 4.70. The highest BCUT2D eigenvalue weighted by Crippen LogP contribution is 2.13. The van der Waals surface area contributed by atoms with Gasteiger partial charge in [-0.25, -0.2) is 0 Å². The monoisotopic (exact) mass is 257 g/mol. The van der Waals surface area contributed by atoms with Crippen LogP contribution < -0.4 is 11.1 Å². The number of nitrogens with one attached hydrogen (secondary N) is 1. The van der Waals surface area contributed by atoms with Gasteiger partial charge in [-0.1, -0.05) is 0 Å². The van der Waals surface area contributed by atoms with Crippen molar-refractivity contribution in [2.45, 2.75) is 45.3 Å². The SMILES string of the molecule is CC(C)NC(=O)C1COCCN1C(=O)C(C)(C)N. The molecule has 0 aromatic heterocycles. The summed E-state index contributed by atoms with van der Waals surface area (Å²) in [6, 6.07) is -0.557. The molecule has 1 unspecified atom stereocenters. The molecule has 104 valence electrons. The maximum atomic E-state index is 12.2. The Morgan fingerprint density at radius 3 is 2.56 bits per heavy atom. The molecule has 0 saturated carbocycles. The van der Waals surface area contributed by atoms with Crippen LogP contribution in [0.3, 0.4) is 0 Å². The summed E-state index contributed by atoms with van der Waals surface area (Å²) < 4.78 is 5.28. The summed E-state index contributed by atoms with van der Waals surface area (Å²) in [5.74, 6) is -0.419. The Balaban J connectivity index is 2.80. The fourth-order valence-corrected chi connectivity index (χ4v) is 1.81. The lowest BCUT2D eigenvalue weighted by molar-refractivity contribution is -0.151. The zero-order chi connectivity index (χ0) is 13.9. The second kappa shape index (κ2) is 5.67. The largest absolute Gasteiger partial charge is 0.377 e.